The Hall–Kier alpha value is -3.42. The standard InChI is InChI=1S/C25H21ClFN3O3/c26-17-2-3-22(27)18(11-17)15-1-4-23-19(9-15)21(13-32-25(28)29)20-10-16(12-30-24(20)33-23)14-5-7-31-8-6-14/h1-5,9-12,21H,6-8,13H2,(H3,28,29). The molecule has 168 valence electrons. The smallest absolute Gasteiger partial charge is 0.279 e. The number of rotatable bonds is 4. The minimum Gasteiger partial charge on any atom is -0.465 e. The molecule has 3 aromatic rings. The second-order valence-electron chi connectivity index (χ2n) is 7.88. The van der Waals surface area contributed by atoms with Crippen molar-refractivity contribution in [1.82, 2.24) is 4.98 Å². The molecule has 1 unspecified atom stereocenters. The van der Waals surface area contributed by atoms with E-state index in [0.29, 0.717) is 41.0 Å². The number of amidine groups is 1. The number of ether oxygens (including phenoxy) is 3. The molecule has 0 aliphatic carbocycles. The van der Waals surface area contributed by atoms with E-state index in [1.165, 1.54) is 12.1 Å². The fourth-order valence-corrected chi connectivity index (χ4v) is 4.37. The van der Waals surface area contributed by atoms with Crippen LogP contribution in [0.3, 0.4) is 0 Å². The van der Waals surface area contributed by atoms with E-state index in [9.17, 15) is 4.39 Å². The van der Waals surface area contributed by atoms with Crippen LogP contribution in [0, 0.1) is 11.2 Å². The second kappa shape index (κ2) is 8.84. The summed E-state index contributed by atoms with van der Waals surface area (Å²) in [5, 5.41) is 7.98. The van der Waals surface area contributed by atoms with Crippen LogP contribution in [0.25, 0.3) is 16.7 Å². The predicted octanol–water partition coefficient (Wildman–Crippen LogP) is 5.49. The summed E-state index contributed by atoms with van der Waals surface area (Å²) in [6.45, 7) is 1.35. The Morgan fingerprint density at radius 2 is 2.03 bits per heavy atom. The van der Waals surface area contributed by atoms with E-state index in [-0.39, 0.29) is 24.4 Å². The third kappa shape index (κ3) is 4.29. The molecule has 8 heteroatoms. The maximum absolute atomic E-state index is 14.6. The van der Waals surface area contributed by atoms with Gasteiger partial charge in [-0.25, -0.2) is 9.37 Å². The fourth-order valence-electron chi connectivity index (χ4n) is 4.19. The maximum atomic E-state index is 14.6. The first kappa shape index (κ1) is 21.4. The third-order valence-electron chi connectivity index (χ3n) is 5.83. The molecule has 0 bridgehead atoms. The summed E-state index contributed by atoms with van der Waals surface area (Å²) in [7, 11) is 0. The fraction of sp³-hybridized carbons (Fsp3) is 0.200. The number of nitrogens with two attached hydrogens (primary N) is 1. The van der Waals surface area contributed by atoms with Crippen molar-refractivity contribution in [3.05, 3.63) is 82.3 Å². The molecular formula is C25H21ClFN3O3. The van der Waals surface area contributed by atoms with Gasteiger partial charge >= 0.3 is 0 Å². The van der Waals surface area contributed by atoms with Crippen LogP contribution in [0.4, 0.5) is 4.39 Å². The van der Waals surface area contributed by atoms with E-state index in [2.05, 4.69) is 4.98 Å². The zero-order valence-electron chi connectivity index (χ0n) is 17.6. The minimum atomic E-state index is -0.377. The van der Waals surface area contributed by atoms with E-state index >= 15 is 0 Å². The van der Waals surface area contributed by atoms with Gasteiger partial charge in [-0.2, -0.15) is 0 Å². The van der Waals surface area contributed by atoms with Crippen molar-refractivity contribution in [3.8, 4) is 22.8 Å². The molecule has 0 fully saturated rings. The van der Waals surface area contributed by atoms with Gasteiger partial charge in [-0.3, -0.25) is 5.41 Å². The van der Waals surface area contributed by atoms with Crippen LogP contribution in [-0.4, -0.2) is 30.8 Å². The molecule has 0 spiro atoms. The Kier molecular flexibility index (Phi) is 5.74. The molecule has 33 heavy (non-hydrogen) atoms. The van der Waals surface area contributed by atoms with Gasteiger partial charge in [0.05, 0.1) is 19.1 Å². The van der Waals surface area contributed by atoms with Gasteiger partial charge in [-0.1, -0.05) is 23.7 Å². The first-order valence-corrected chi connectivity index (χ1v) is 10.9. The molecule has 0 saturated carbocycles. The normalized spacial score (nSPS) is 16.8. The van der Waals surface area contributed by atoms with E-state index < -0.39 is 0 Å². The van der Waals surface area contributed by atoms with Gasteiger partial charge in [0, 0.05) is 27.9 Å². The Morgan fingerprint density at radius 1 is 1.18 bits per heavy atom. The quantitative estimate of drug-likeness (QED) is 0.392. The average Bonchev–Trinajstić information content (AvgIpc) is 2.83. The highest BCUT2D eigenvalue weighted by molar-refractivity contribution is 6.30. The summed E-state index contributed by atoms with van der Waals surface area (Å²) >= 11 is 6.11. The monoisotopic (exact) mass is 465 g/mol. The number of nitrogens with one attached hydrogen (secondary N) is 1. The van der Waals surface area contributed by atoms with Crippen molar-refractivity contribution in [1.29, 1.82) is 5.41 Å². The molecule has 0 saturated heterocycles. The summed E-state index contributed by atoms with van der Waals surface area (Å²) < 4.78 is 31.5. The first-order valence-electron chi connectivity index (χ1n) is 10.5. The number of hydrogen-bond acceptors (Lipinski definition) is 5. The summed E-state index contributed by atoms with van der Waals surface area (Å²) in [5.41, 5.74) is 10.3. The van der Waals surface area contributed by atoms with Crippen molar-refractivity contribution < 1.29 is 18.6 Å². The molecule has 0 radical (unpaired) electrons. The summed E-state index contributed by atoms with van der Waals surface area (Å²) in [6, 6.07) is 11.5. The lowest BCUT2D eigenvalue weighted by atomic mass is 9.86. The molecule has 0 amide bonds. The maximum Gasteiger partial charge on any atom is 0.279 e. The average molecular weight is 466 g/mol. The van der Waals surface area contributed by atoms with Crippen LogP contribution in [0.5, 0.6) is 11.6 Å². The highest BCUT2D eigenvalue weighted by Crippen LogP contribution is 2.45. The number of aromatic nitrogens is 1. The Bertz CT molecular complexity index is 1280. The molecule has 3 N–H and O–H groups in total. The largest absolute Gasteiger partial charge is 0.465 e. The van der Waals surface area contributed by atoms with Crippen LogP contribution in [-0.2, 0) is 9.47 Å². The van der Waals surface area contributed by atoms with Crippen LogP contribution in [0.15, 0.2) is 54.7 Å². The van der Waals surface area contributed by atoms with Crippen molar-refractivity contribution in [2.75, 3.05) is 19.8 Å². The van der Waals surface area contributed by atoms with Crippen LogP contribution in [0.2, 0.25) is 5.02 Å². The van der Waals surface area contributed by atoms with Gasteiger partial charge < -0.3 is 19.9 Å². The van der Waals surface area contributed by atoms with Gasteiger partial charge in [0.25, 0.3) is 6.02 Å². The zero-order valence-corrected chi connectivity index (χ0v) is 18.4. The van der Waals surface area contributed by atoms with Gasteiger partial charge in [0.1, 0.15) is 18.2 Å². The summed E-state index contributed by atoms with van der Waals surface area (Å²) in [5.74, 6) is 0.375. The SMILES string of the molecule is N=C(N)OCC1c2cc(-c3cc(Cl)ccc3F)ccc2Oc2ncc(C3=CCOCC3)cc21. The number of pyridine rings is 1. The highest BCUT2D eigenvalue weighted by atomic mass is 35.5. The van der Waals surface area contributed by atoms with E-state index in [1.54, 1.807) is 24.4 Å². The highest BCUT2D eigenvalue weighted by Gasteiger charge is 2.30. The second-order valence-corrected chi connectivity index (χ2v) is 8.32. The van der Waals surface area contributed by atoms with Crippen molar-refractivity contribution in [3.63, 3.8) is 0 Å². The van der Waals surface area contributed by atoms with Gasteiger partial charge in [0.2, 0.25) is 5.88 Å². The van der Waals surface area contributed by atoms with E-state index in [4.69, 9.17) is 37.0 Å². The number of benzene rings is 2. The van der Waals surface area contributed by atoms with Crippen molar-refractivity contribution in [2.45, 2.75) is 12.3 Å². The number of hydrogen-bond donors (Lipinski definition) is 2. The predicted molar refractivity (Wildman–Crippen MR) is 124 cm³/mol. The Labute approximate surface area is 195 Å². The van der Waals surface area contributed by atoms with Crippen molar-refractivity contribution >= 4 is 23.2 Å². The number of fused-ring (bicyclic) bond motifs is 2. The molecule has 3 heterocycles. The summed E-state index contributed by atoms with van der Waals surface area (Å²) in [4.78, 5) is 4.56. The van der Waals surface area contributed by atoms with Gasteiger partial charge in [-0.15, -0.1) is 0 Å². The molecule has 2 aliphatic heterocycles. The number of halogens is 2. The zero-order chi connectivity index (χ0) is 22.9. The lowest BCUT2D eigenvalue weighted by Gasteiger charge is -2.28. The van der Waals surface area contributed by atoms with E-state index in [1.807, 2.05) is 18.2 Å². The topological polar surface area (TPSA) is 90.5 Å². The third-order valence-corrected chi connectivity index (χ3v) is 6.06. The molecule has 2 aromatic carbocycles. The van der Waals surface area contributed by atoms with Crippen LogP contribution >= 0.6 is 11.6 Å². The Balaban J connectivity index is 1.60. The molecule has 1 atom stereocenters. The van der Waals surface area contributed by atoms with Gasteiger partial charge in [0.15, 0.2) is 0 Å². The molecule has 2 aliphatic rings. The Morgan fingerprint density at radius 3 is 2.82 bits per heavy atom. The summed E-state index contributed by atoms with van der Waals surface area (Å²) in [6.07, 6.45) is 4.63. The van der Waals surface area contributed by atoms with Crippen LogP contribution in [0.1, 0.15) is 29.0 Å². The molecular weight excluding hydrogens is 445 g/mol. The number of nitrogens with zero attached hydrogens (tertiary/aromatic N) is 1. The molecule has 5 rings (SSSR count). The van der Waals surface area contributed by atoms with E-state index in [0.717, 1.165) is 28.7 Å². The molecule has 6 nitrogen and oxygen atoms in total. The van der Waals surface area contributed by atoms with Gasteiger partial charge in [-0.05, 0) is 59.5 Å². The first-order chi connectivity index (χ1) is 16.0. The minimum absolute atomic E-state index is 0.119. The lowest BCUT2D eigenvalue weighted by molar-refractivity contribution is 0.161. The van der Waals surface area contributed by atoms with Crippen LogP contribution < -0.4 is 10.5 Å². The molecule has 1 aromatic heterocycles. The van der Waals surface area contributed by atoms with Crippen molar-refractivity contribution in [2.24, 2.45) is 5.73 Å². The lowest BCUT2D eigenvalue weighted by Crippen LogP contribution is -2.22.